The quantitative estimate of drug-likeness (QED) is 0.152. The standard InChI is InChI=1S/C68H52O4/c1-45-46(2)50-15-31-62(32-16-50)70-66-39-23-58(24-40-66)54-9-11-56(12-10-54)60-27-43-68(44-28-60)72-64-35-19-52(20-36-64)48(4)47(3)51-17-33-63(34-18-51)71-67-41-25-59(26-42-67)55-7-5-53(6-8-55)57-21-37-65(38-22-57)69-61-29-13-49(45)14-30-61/h5-44H,1-4H3. The Labute approximate surface area is 422 Å². The molecule has 0 saturated carbocycles. The highest BCUT2D eigenvalue weighted by atomic mass is 16.5. The van der Waals surface area contributed by atoms with Gasteiger partial charge in [-0.3, -0.25) is 0 Å². The molecule has 10 aromatic rings. The molecule has 16 aliphatic heterocycles. The SMILES string of the molecule is CC1=C(C)c2ccc(cc2)Oc2ccc(cc2)-c2ccc(cc2)-c2ccc(cc2)Oc2ccc(cc2)C(C)=C(C)c2ccc(cc2)Oc2ccc(cc2)-c2ccc(cc2)-c2ccc(cc2)Oc2ccc1cc2. The number of hydrogen-bond acceptors (Lipinski definition) is 4. The number of benzene rings is 10. The van der Waals surface area contributed by atoms with E-state index >= 15 is 0 Å². The van der Waals surface area contributed by atoms with Crippen LogP contribution in [0.4, 0.5) is 0 Å². The van der Waals surface area contributed by atoms with Crippen LogP contribution in [0, 0.1) is 0 Å². The zero-order chi connectivity index (χ0) is 49.0. The molecular weight excluding hydrogens is 881 g/mol. The van der Waals surface area contributed by atoms with E-state index < -0.39 is 0 Å². The summed E-state index contributed by atoms with van der Waals surface area (Å²) in [5.74, 6) is 6.30. The minimum atomic E-state index is 0.787. The maximum Gasteiger partial charge on any atom is 0.127 e. The molecule has 0 aliphatic carbocycles. The van der Waals surface area contributed by atoms with Crippen LogP contribution in [0.5, 0.6) is 46.0 Å². The topological polar surface area (TPSA) is 36.9 Å². The molecule has 348 valence electrons. The highest BCUT2D eigenvalue weighted by Gasteiger charge is 2.11. The maximum absolute atomic E-state index is 6.28. The van der Waals surface area contributed by atoms with Crippen LogP contribution in [-0.2, 0) is 0 Å². The van der Waals surface area contributed by atoms with Crippen molar-refractivity contribution >= 4 is 22.3 Å². The minimum absolute atomic E-state index is 0.787. The number of ether oxygens (including phenoxy) is 4. The monoisotopic (exact) mass is 932 g/mol. The van der Waals surface area contributed by atoms with Crippen LogP contribution < -0.4 is 18.9 Å². The van der Waals surface area contributed by atoms with Gasteiger partial charge in [0.05, 0.1) is 0 Å². The van der Waals surface area contributed by atoms with E-state index in [0.717, 1.165) is 113 Å². The first-order chi connectivity index (χ1) is 35.2. The normalized spacial score (nSPS) is 12.5. The van der Waals surface area contributed by atoms with Crippen molar-refractivity contribution in [3.8, 4) is 90.5 Å². The van der Waals surface area contributed by atoms with Crippen LogP contribution in [0.1, 0.15) is 49.9 Å². The average Bonchev–Trinajstić information content (AvgIpc) is 3.44. The van der Waals surface area contributed by atoms with Gasteiger partial charge >= 0.3 is 0 Å². The van der Waals surface area contributed by atoms with Crippen molar-refractivity contribution < 1.29 is 18.9 Å². The van der Waals surface area contributed by atoms with E-state index in [-0.39, 0.29) is 0 Å². The summed E-state index contributed by atoms with van der Waals surface area (Å²) < 4.78 is 25.1. The molecule has 4 heteroatoms. The Balaban J connectivity index is 0.833. The lowest BCUT2D eigenvalue weighted by Crippen LogP contribution is -1.90. The van der Waals surface area contributed by atoms with E-state index in [9.17, 15) is 0 Å². The van der Waals surface area contributed by atoms with Crippen LogP contribution in [0.2, 0.25) is 0 Å². The molecule has 26 rings (SSSR count). The molecule has 4 nitrogen and oxygen atoms in total. The van der Waals surface area contributed by atoms with Gasteiger partial charge in [-0.2, -0.15) is 0 Å². The lowest BCUT2D eigenvalue weighted by molar-refractivity contribution is 0.482. The number of allylic oxidation sites excluding steroid dienone is 4. The van der Waals surface area contributed by atoms with E-state index in [1.165, 1.54) is 22.3 Å². The molecule has 16 aliphatic rings. The minimum Gasteiger partial charge on any atom is -0.457 e. The van der Waals surface area contributed by atoms with Gasteiger partial charge in [0.2, 0.25) is 0 Å². The van der Waals surface area contributed by atoms with Gasteiger partial charge in [0.25, 0.3) is 0 Å². The molecule has 0 atom stereocenters. The van der Waals surface area contributed by atoms with Crippen molar-refractivity contribution in [1.82, 2.24) is 0 Å². The third-order valence-electron chi connectivity index (χ3n) is 13.7. The van der Waals surface area contributed by atoms with Gasteiger partial charge in [-0.05, 0) is 214 Å². The third-order valence-corrected chi connectivity index (χ3v) is 13.7. The molecule has 0 radical (unpaired) electrons. The molecule has 10 aromatic carbocycles. The second-order valence-corrected chi connectivity index (χ2v) is 18.3. The van der Waals surface area contributed by atoms with Crippen LogP contribution >= 0.6 is 0 Å². The summed E-state index contributed by atoms with van der Waals surface area (Å²) in [7, 11) is 0. The van der Waals surface area contributed by atoms with E-state index in [1.807, 2.05) is 97.1 Å². The van der Waals surface area contributed by atoms with Gasteiger partial charge in [-0.25, -0.2) is 0 Å². The molecule has 16 heterocycles. The summed E-state index contributed by atoms with van der Waals surface area (Å²) in [6.07, 6.45) is 0. The molecule has 0 fully saturated rings. The van der Waals surface area contributed by atoms with E-state index in [1.54, 1.807) is 0 Å². The smallest absolute Gasteiger partial charge is 0.127 e. The number of rotatable bonds is 0. The van der Waals surface area contributed by atoms with Crippen LogP contribution in [0.15, 0.2) is 243 Å². The molecule has 0 aromatic heterocycles. The van der Waals surface area contributed by atoms with E-state index in [4.69, 9.17) is 18.9 Å². The molecule has 0 spiro atoms. The van der Waals surface area contributed by atoms with Gasteiger partial charge in [0, 0.05) is 0 Å². The van der Waals surface area contributed by atoms with Gasteiger partial charge in [-0.1, -0.05) is 146 Å². The highest BCUT2D eigenvalue weighted by molar-refractivity contribution is 5.90. The fourth-order valence-electron chi connectivity index (χ4n) is 9.07. The summed E-state index contributed by atoms with van der Waals surface area (Å²) >= 11 is 0. The summed E-state index contributed by atoms with van der Waals surface area (Å²) in [5, 5.41) is 0. The van der Waals surface area contributed by atoms with Gasteiger partial charge < -0.3 is 18.9 Å². The Morgan fingerprint density at radius 3 is 0.361 bits per heavy atom. The molecule has 0 amide bonds. The first-order valence-electron chi connectivity index (χ1n) is 24.3. The fraction of sp³-hybridized carbons (Fsp3) is 0.0588. The van der Waals surface area contributed by atoms with Crippen molar-refractivity contribution in [3.63, 3.8) is 0 Å². The molecule has 20 bridgehead atoms. The molecule has 0 saturated heterocycles. The highest BCUT2D eigenvalue weighted by Crippen LogP contribution is 2.36. The zero-order valence-corrected chi connectivity index (χ0v) is 40.7. The van der Waals surface area contributed by atoms with E-state index in [2.05, 4.69) is 173 Å². The zero-order valence-electron chi connectivity index (χ0n) is 40.7. The molecule has 72 heavy (non-hydrogen) atoms. The Kier molecular flexibility index (Phi) is 12.6. The molecule has 0 N–H and O–H groups in total. The second kappa shape index (κ2) is 20.1. The lowest BCUT2D eigenvalue weighted by atomic mass is 9.97. The first-order valence-corrected chi connectivity index (χ1v) is 24.3. The average molecular weight is 933 g/mol. The Morgan fingerprint density at radius 1 is 0.139 bits per heavy atom. The Bertz CT molecular complexity index is 3050. The van der Waals surface area contributed by atoms with Crippen molar-refractivity contribution in [2.45, 2.75) is 27.7 Å². The van der Waals surface area contributed by atoms with Crippen molar-refractivity contribution in [3.05, 3.63) is 265 Å². The van der Waals surface area contributed by atoms with Crippen LogP contribution in [-0.4, -0.2) is 0 Å². The summed E-state index contributed by atoms with van der Waals surface area (Å²) in [4.78, 5) is 0. The Hall–Kier alpha value is -9.12. The van der Waals surface area contributed by atoms with Gasteiger partial charge in [0.1, 0.15) is 46.0 Å². The molecule has 0 unspecified atom stereocenters. The maximum atomic E-state index is 6.28. The van der Waals surface area contributed by atoms with Crippen molar-refractivity contribution in [2.24, 2.45) is 0 Å². The summed E-state index contributed by atoms with van der Waals surface area (Å²) in [5.41, 5.74) is 18.4. The van der Waals surface area contributed by atoms with Crippen molar-refractivity contribution in [1.29, 1.82) is 0 Å². The summed E-state index contributed by atoms with van der Waals surface area (Å²) in [6, 6.07) is 83.5. The largest absolute Gasteiger partial charge is 0.457 e. The third kappa shape index (κ3) is 10.1. The predicted molar refractivity (Wildman–Crippen MR) is 297 cm³/mol. The first kappa shape index (κ1) is 45.3. The second-order valence-electron chi connectivity index (χ2n) is 18.3. The fourth-order valence-corrected chi connectivity index (χ4v) is 9.07. The van der Waals surface area contributed by atoms with E-state index in [0.29, 0.717) is 0 Å². The Morgan fingerprint density at radius 2 is 0.236 bits per heavy atom. The van der Waals surface area contributed by atoms with Crippen LogP contribution in [0.25, 0.3) is 66.8 Å². The number of hydrogen-bond donors (Lipinski definition) is 0. The summed E-state index contributed by atoms with van der Waals surface area (Å²) in [6.45, 7) is 8.65. The van der Waals surface area contributed by atoms with Crippen LogP contribution in [0.3, 0.4) is 0 Å². The van der Waals surface area contributed by atoms with Gasteiger partial charge in [0.15, 0.2) is 0 Å². The predicted octanol–water partition coefficient (Wildman–Crippen LogP) is 19.7. The van der Waals surface area contributed by atoms with Gasteiger partial charge in [-0.15, -0.1) is 0 Å². The van der Waals surface area contributed by atoms with Crippen molar-refractivity contribution in [2.75, 3.05) is 0 Å². The molecular formula is C68H52O4. The lowest BCUT2D eigenvalue weighted by Gasteiger charge is -2.12.